The van der Waals surface area contributed by atoms with Gasteiger partial charge in [-0.1, -0.05) is 78.9 Å². The van der Waals surface area contributed by atoms with Gasteiger partial charge in [0.1, 0.15) is 0 Å². The van der Waals surface area contributed by atoms with Gasteiger partial charge in [-0.2, -0.15) is 0 Å². The first kappa shape index (κ1) is 14.7. The van der Waals surface area contributed by atoms with Gasteiger partial charge < -0.3 is 0 Å². The van der Waals surface area contributed by atoms with Crippen molar-refractivity contribution in [3.8, 4) is 11.1 Å². The Balaban J connectivity index is 2.07. The van der Waals surface area contributed by atoms with Crippen LogP contribution in [-0.4, -0.2) is 0 Å². The minimum absolute atomic E-state index is 1.17. The molecule has 0 fully saturated rings. The van der Waals surface area contributed by atoms with E-state index >= 15 is 0 Å². The molecule has 0 atom stereocenters. The van der Waals surface area contributed by atoms with Gasteiger partial charge in [0, 0.05) is 4.47 Å². The number of rotatable bonds is 1. The summed E-state index contributed by atoms with van der Waals surface area (Å²) < 4.78 is 1.17. The van der Waals surface area contributed by atoms with E-state index in [4.69, 9.17) is 0 Å². The number of hydrogen-bond donors (Lipinski definition) is 0. The molecule has 118 valence electrons. The molecule has 5 rings (SSSR count). The van der Waals surface area contributed by atoms with Gasteiger partial charge in [-0.05, 0) is 71.5 Å². The van der Waals surface area contributed by atoms with Crippen molar-refractivity contribution >= 4 is 48.2 Å². The van der Waals surface area contributed by atoms with Gasteiger partial charge in [-0.25, -0.2) is 0 Å². The van der Waals surface area contributed by atoms with E-state index in [1.165, 1.54) is 47.9 Å². The Kier molecular flexibility index (Phi) is 3.36. The summed E-state index contributed by atoms with van der Waals surface area (Å²) in [6.07, 6.45) is 0. The molecule has 0 saturated heterocycles. The summed E-state index contributed by atoms with van der Waals surface area (Å²) in [6, 6.07) is 32.5. The highest BCUT2D eigenvalue weighted by molar-refractivity contribution is 9.10. The lowest BCUT2D eigenvalue weighted by Crippen LogP contribution is -1.88. The molecule has 0 unspecified atom stereocenters. The number of halogens is 1. The number of fused-ring (bicyclic) bond motifs is 3. The summed E-state index contributed by atoms with van der Waals surface area (Å²) >= 11 is 3.87. The maximum atomic E-state index is 3.87. The van der Waals surface area contributed by atoms with Crippen LogP contribution in [0.1, 0.15) is 0 Å². The van der Waals surface area contributed by atoms with Crippen molar-refractivity contribution in [2.75, 3.05) is 0 Å². The molecule has 0 N–H and O–H groups in total. The van der Waals surface area contributed by atoms with Gasteiger partial charge in [-0.15, -0.1) is 0 Å². The van der Waals surface area contributed by atoms with Crippen LogP contribution in [0.5, 0.6) is 0 Å². The van der Waals surface area contributed by atoms with Crippen molar-refractivity contribution in [2.24, 2.45) is 0 Å². The zero-order chi connectivity index (χ0) is 16.8. The van der Waals surface area contributed by atoms with Crippen LogP contribution in [0.2, 0.25) is 0 Å². The molecular formula is C24H15Br. The highest BCUT2D eigenvalue weighted by Crippen LogP contribution is 2.42. The zero-order valence-electron chi connectivity index (χ0n) is 13.5. The predicted octanol–water partition coefficient (Wildman–Crippen LogP) is 7.58. The van der Waals surface area contributed by atoms with E-state index in [1.807, 2.05) is 0 Å². The van der Waals surface area contributed by atoms with Crippen LogP contribution < -0.4 is 0 Å². The lowest BCUT2D eigenvalue weighted by Gasteiger charge is -2.15. The van der Waals surface area contributed by atoms with Gasteiger partial charge in [0.15, 0.2) is 0 Å². The Morgan fingerprint density at radius 1 is 0.480 bits per heavy atom. The molecule has 25 heavy (non-hydrogen) atoms. The minimum Gasteiger partial charge on any atom is -0.0622 e. The molecule has 0 spiro atoms. The molecule has 1 heteroatoms. The normalized spacial score (nSPS) is 11.4. The number of hydrogen-bond acceptors (Lipinski definition) is 0. The fourth-order valence-corrected chi connectivity index (χ4v) is 4.40. The van der Waals surface area contributed by atoms with Crippen LogP contribution in [0.25, 0.3) is 43.4 Å². The van der Waals surface area contributed by atoms with Crippen molar-refractivity contribution in [1.82, 2.24) is 0 Å². The predicted molar refractivity (Wildman–Crippen MR) is 112 cm³/mol. The second-order valence-corrected chi connectivity index (χ2v) is 7.14. The third-order valence-corrected chi connectivity index (χ3v) is 5.74. The van der Waals surface area contributed by atoms with Crippen LogP contribution >= 0.6 is 15.9 Å². The van der Waals surface area contributed by atoms with E-state index in [0.29, 0.717) is 0 Å². The Hall–Kier alpha value is -2.64. The molecule has 5 aromatic carbocycles. The maximum absolute atomic E-state index is 3.87. The van der Waals surface area contributed by atoms with Crippen LogP contribution in [-0.2, 0) is 0 Å². The van der Waals surface area contributed by atoms with Crippen molar-refractivity contribution in [3.63, 3.8) is 0 Å². The molecule has 0 amide bonds. The van der Waals surface area contributed by atoms with Crippen molar-refractivity contribution < 1.29 is 0 Å². The molecule has 0 saturated carbocycles. The third kappa shape index (κ3) is 2.27. The smallest absolute Gasteiger partial charge is 0.0332 e. The van der Waals surface area contributed by atoms with Gasteiger partial charge in [0.2, 0.25) is 0 Å². The SMILES string of the molecule is Brc1c2ccccc2c(-c2ccccc2)c2cc3ccccc3cc12. The van der Waals surface area contributed by atoms with Gasteiger partial charge in [-0.3, -0.25) is 0 Å². The monoisotopic (exact) mass is 382 g/mol. The highest BCUT2D eigenvalue weighted by atomic mass is 79.9. The van der Waals surface area contributed by atoms with Crippen LogP contribution in [0, 0.1) is 0 Å². The number of benzene rings is 5. The van der Waals surface area contributed by atoms with Crippen LogP contribution in [0.3, 0.4) is 0 Å². The Labute approximate surface area is 154 Å². The summed E-state index contributed by atoms with van der Waals surface area (Å²) in [6.45, 7) is 0. The Bertz CT molecular complexity index is 1240. The topological polar surface area (TPSA) is 0 Å². The Morgan fingerprint density at radius 2 is 1.04 bits per heavy atom. The third-order valence-electron chi connectivity index (χ3n) is 4.89. The summed E-state index contributed by atoms with van der Waals surface area (Å²) in [4.78, 5) is 0. The molecule has 0 aliphatic carbocycles. The van der Waals surface area contributed by atoms with E-state index in [2.05, 4.69) is 107 Å². The first-order valence-electron chi connectivity index (χ1n) is 8.41. The first-order chi connectivity index (χ1) is 12.3. The van der Waals surface area contributed by atoms with Gasteiger partial charge in [0.25, 0.3) is 0 Å². The largest absolute Gasteiger partial charge is 0.0622 e. The lowest BCUT2D eigenvalue weighted by molar-refractivity contribution is 1.67. The van der Waals surface area contributed by atoms with Crippen molar-refractivity contribution in [3.05, 3.63) is 95.5 Å². The van der Waals surface area contributed by atoms with E-state index < -0.39 is 0 Å². The molecule has 0 aromatic heterocycles. The van der Waals surface area contributed by atoms with Gasteiger partial charge in [0.05, 0.1) is 0 Å². The van der Waals surface area contributed by atoms with Crippen LogP contribution in [0.15, 0.2) is 95.5 Å². The average molecular weight is 383 g/mol. The van der Waals surface area contributed by atoms with Crippen LogP contribution in [0.4, 0.5) is 0 Å². The summed E-state index contributed by atoms with van der Waals surface area (Å²) in [5, 5.41) is 7.62. The maximum Gasteiger partial charge on any atom is 0.0332 e. The summed E-state index contributed by atoms with van der Waals surface area (Å²) in [5.41, 5.74) is 2.56. The lowest BCUT2D eigenvalue weighted by atomic mass is 9.90. The molecule has 0 aliphatic heterocycles. The zero-order valence-corrected chi connectivity index (χ0v) is 15.1. The van der Waals surface area contributed by atoms with E-state index in [-0.39, 0.29) is 0 Å². The van der Waals surface area contributed by atoms with E-state index in [9.17, 15) is 0 Å². The Morgan fingerprint density at radius 3 is 1.76 bits per heavy atom. The van der Waals surface area contributed by atoms with E-state index in [1.54, 1.807) is 0 Å². The second-order valence-electron chi connectivity index (χ2n) is 6.35. The standard InChI is InChI=1S/C24H15Br/c25-24-20-13-7-6-12-19(20)23(16-8-2-1-3-9-16)21-14-17-10-4-5-11-18(17)15-22(21)24/h1-15H. The highest BCUT2D eigenvalue weighted by Gasteiger charge is 2.14. The first-order valence-corrected chi connectivity index (χ1v) is 9.20. The fourth-order valence-electron chi connectivity index (χ4n) is 3.73. The fraction of sp³-hybridized carbons (Fsp3) is 0. The molecule has 0 aliphatic rings. The molecule has 0 bridgehead atoms. The van der Waals surface area contributed by atoms with Gasteiger partial charge >= 0.3 is 0 Å². The minimum atomic E-state index is 1.17. The van der Waals surface area contributed by atoms with Crippen molar-refractivity contribution in [1.29, 1.82) is 0 Å². The quantitative estimate of drug-likeness (QED) is 0.262. The second kappa shape index (κ2) is 5.72. The molecule has 0 radical (unpaired) electrons. The molecule has 0 nitrogen and oxygen atoms in total. The summed E-state index contributed by atoms with van der Waals surface area (Å²) in [5.74, 6) is 0. The summed E-state index contributed by atoms with van der Waals surface area (Å²) in [7, 11) is 0. The molecule has 0 heterocycles. The van der Waals surface area contributed by atoms with Crippen molar-refractivity contribution in [2.45, 2.75) is 0 Å². The molecular weight excluding hydrogens is 368 g/mol. The average Bonchev–Trinajstić information content (AvgIpc) is 2.68. The molecule has 5 aromatic rings. The van der Waals surface area contributed by atoms with E-state index in [0.717, 1.165) is 0 Å².